The summed E-state index contributed by atoms with van der Waals surface area (Å²) < 4.78 is 7.39. The molecule has 0 aliphatic heterocycles. The van der Waals surface area contributed by atoms with E-state index in [1.807, 2.05) is 50.4 Å². The fourth-order valence-electron chi connectivity index (χ4n) is 2.28. The van der Waals surface area contributed by atoms with Crippen molar-refractivity contribution in [2.24, 2.45) is 0 Å². The fraction of sp³-hybridized carbons (Fsp3) is 0.278. The Bertz CT molecular complexity index is 825. The zero-order valence-electron chi connectivity index (χ0n) is 14.3. The van der Waals surface area contributed by atoms with E-state index in [0.717, 1.165) is 17.0 Å². The maximum Gasteiger partial charge on any atom is 0.248 e. The molecule has 0 aliphatic carbocycles. The third kappa shape index (κ3) is 4.24. The lowest BCUT2D eigenvalue weighted by atomic mass is 10.2. The van der Waals surface area contributed by atoms with Crippen molar-refractivity contribution in [3.05, 3.63) is 48.4 Å². The van der Waals surface area contributed by atoms with Crippen LogP contribution in [0.3, 0.4) is 0 Å². The van der Waals surface area contributed by atoms with E-state index in [1.54, 1.807) is 23.3 Å². The van der Waals surface area contributed by atoms with Gasteiger partial charge in [0.1, 0.15) is 11.8 Å². The maximum atomic E-state index is 12.3. The van der Waals surface area contributed by atoms with Crippen LogP contribution in [0, 0.1) is 0 Å². The van der Waals surface area contributed by atoms with Crippen LogP contribution in [0.15, 0.2) is 48.4 Å². The molecular formula is C18H20N4O2S. The first kappa shape index (κ1) is 17.2. The lowest BCUT2D eigenvalue weighted by Gasteiger charge is -2.11. The molecule has 7 heteroatoms. The summed E-state index contributed by atoms with van der Waals surface area (Å²) in [6.45, 7) is 5.81. The third-order valence-electron chi connectivity index (χ3n) is 3.61. The minimum atomic E-state index is -0.345. The molecule has 0 aliphatic rings. The molecular weight excluding hydrogens is 336 g/mol. The normalized spacial score (nSPS) is 12.2. The van der Waals surface area contributed by atoms with Crippen molar-refractivity contribution >= 4 is 22.4 Å². The molecule has 3 rings (SSSR count). The number of benzene rings is 1. The Morgan fingerprint density at radius 3 is 2.64 bits per heavy atom. The topological polar surface area (TPSA) is 69.0 Å². The van der Waals surface area contributed by atoms with Crippen molar-refractivity contribution in [3.63, 3.8) is 0 Å². The van der Waals surface area contributed by atoms with Gasteiger partial charge in [-0.2, -0.15) is 0 Å². The SMILES string of the molecule is CC(C)Oc1ccc(-c2csc(NC(=O)[C@H](C)n3ccnc3)n2)cc1. The van der Waals surface area contributed by atoms with Gasteiger partial charge < -0.3 is 14.6 Å². The van der Waals surface area contributed by atoms with Crippen molar-refractivity contribution in [2.75, 3.05) is 5.32 Å². The molecule has 2 heterocycles. The van der Waals surface area contributed by atoms with Crippen molar-refractivity contribution < 1.29 is 9.53 Å². The molecule has 6 nitrogen and oxygen atoms in total. The van der Waals surface area contributed by atoms with E-state index in [9.17, 15) is 4.79 Å². The van der Waals surface area contributed by atoms with Crippen LogP contribution in [0.2, 0.25) is 0 Å². The number of nitrogens with zero attached hydrogens (tertiary/aromatic N) is 3. The number of thiazole rings is 1. The second-order valence-corrected chi connectivity index (χ2v) is 6.76. The zero-order valence-corrected chi connectivity index (χ0v) is 15.2. The molecule has 0 unspecified atom stereocenters. The van der Waals surface area contributed by atoms with E-state index in [0.29, 0.717) is 5.13 Å². The number of ether oxygens (including phenoxy) is 1. The monoisotopic (exact) mass is 356 g/mol. The van der Waals surface area contributed by atoms with Gasteiger partial charge in [0.25, 0.3) is 0 Å². The van der Waals surface area contributed by atoms with Crippen molar-refractivity contribution in [3.8, 4) is 17.0 Å². The minimum Gasteiger partial charge on any atom is -0.491 e. The summed E-state index contributed by atoms with van der Waals surface area (Å²) in [6.07, 6.45) is 5.18. The quantitative estimate of drug-likeness (QED) is 0.725. The van der Waals surface area contributed by atoms with E-state index in [1.165, 1.54) is 11.3 Å². The number of nitrogens with one attached hydrogen (secondary N) is 1. The zero-order chi connectivity index (χ0) is 17.8. The number of imidazole rings is 1. The standard InChI is InChI=1S/C18H20N4O2S/c1-12(2)24-15-6-4-14(5-7-15)16-10-25-18(20-16)21-17(23)13(3)22-9-8-19-11-22/h4-13H,1-3H3,(H,20,21,23)/t13-/m0/s1. The molecule has 1 aromatic carbocycles. The Kier molecular flexibility index (Phi) is 5.14. The lowest BCUT2D eigenvalue weighted by molar-refractivity contribution is -0.118. The molecule has 2 aromatic heterocycles. The molecule has 1 amide bonds. The Balaban J connectivity index is 1.67. The van der Waals surface area contributed by atoms with Gasteiger partial charge in [0.15, 0.2) is 5.13 Å². The Hall–Kier alpha value is -2.67. The van der Waals surface area contributed by atoms with Crippen LogP contribution in [-0.4, -0.2) is 26.5 Å². The second kappa shape index (κ2) is 7.48. The number of carbonyl (C=O) groups excluding carboxylic acids is 1. The number of rotatable bonds is 6. The van der Waals surface area contributed by atoms with E-state index in [-0.39, 0.29) is 18.1 Å². The fourth-order valence-corrected chi connectivity index (χ4v) is 3.01. The summed E-state index contributed by atoms with van der Waals surface area (Å²) in [5.41, 5.74) is 1.81. The van der Waals surface area contributed by atoms with Crippen LogP contribution < -0.4 is 10.1 Å². The number of carbonyl (C=O) groups is 1. The van der Waals surface area contributed by atoms with Gasteiger partial charge in [-0.25, -0.2) is 9.97 Å². The van der Waals surface area contributed by atoms with Gasteiger partial charge in [0.2, 0.25) is 5.91 Å². The molecule has 25 heavy (non-hydrogen) atoms. The van der Waals surface area contributed by atoms with E-state index < -0.39 is 0 Å². The number of hydrogen-bond donors (Lipinski definition) is 1. The number of anilines is 1. The second-order valence-electron chi connectivity index (χ2n) is 5.90. The summed E-state index contributed by atoms with van der Waals surface area (Å²) in [5, 5.41) is 5.36. The van der Waals surface area contributed by atoms with Gasteiger partial charge >= 0.3 is 0 Å². The van der Waals surface area contributed by atoms with Gasteiger partial charge in [-0.15, -0.1) is 11.3 Å². The maximum absolute atomic E-state index is 12.3. The highest BCUT2D eigenvalue weighted by atomic mass is 32.1. The molecule has 0 spiro atoms. The summed E-state index contributed by atoms with van der Waals surface area (Å²) in [5.74, 6) is 0.705. The molecule has 1 N–H and O–H groups in total. The largest absolute Gasteiger partial charge is 0.491 e. The van der Waals surface area contributed by atoms with Crippen LogP contribution in [-0.2, 0) is 4.79 Å². The highest BCUT2D eigenvalue weighted by Crippen LogP contribution is 2.27. The van der Waals surface area contributed by atoms with Crippen LogP contribution in [0.4, 0.5) is 5.13 Å². The molecule has 0 radical (unpaired) electrons. The molecule has 0 fully saturated rings. The molecule has 0 bridgehead atoms. The summed E-state index contributed by atoms with van der Waals surface area (Å²) in [6, 6.07) is 7.43. The van der Waals surface area contributed by atoms with E-state index in [2.05, 4.69) is 15.3 Å². The smallest absolute Gasteiger partial charge is 0.248 e. The third-order valence-corrected chi connectivity index (χ3v) is 4.37. The van der Waals surface area contributed by atoms with Crippen molar-refractivity contribution in [1.29, 1.82) is 0 Å². The Labute approximate surface area is 150 Å². The summed E-state index contributed by atoms with van der Waals surface area (Å²) in [4.78, 5) is 20.8. The van der Waals surface area contributed by atoms with Crippen LogP contribution in [0.1, 0.15) is 26.8 Å². The highest BCUT2D eigenvalue weighted by molar-refractivity contribution is 7.14. The lowest BCUT2D eigenvalue weighted by Crippen LogP contribution is -2.22. The van der Waals surface area contributed by atoms with Crippen LogP contribution >= 0.6 is 11.3 Å². The number of amides is 1. The average molecular weight is 356 g/mol. The first-order chi connectivity index (χ1) is 12.0. The van der Waals surface area contributed by atoms with E-state index in [4.69, 9.17) is 4.74 Å². The molecule has 1 atom stereocenters. The first-order valence-electron chi connectivity index (χ1n) is 8.04. The van der Waals surface area contributed by atoms with Crippen LogP contribution in [0.5, 0.6) is 5.75 Å². The Morgan fingerprint density at radius 1 is 1.24 bits per heavy atom. The minimum absolute atomic E-state index is 0.125. The van der Waals surface area contributed by atoms with Crippen molar-refractivity contribution in [2.45, 2.75) is 32.9 Å². The predicted octanol–water partition coefficient (Wildman–Crippen LogP) is 3.99. The van der Waals surface area contributed by atoms with Gasteiger partial charge in [-0.05, 0) is 45.0 Å². The summed E-state index contributed by atoms with van der Waals surface area (Å²) >= 11 is 1.40. The van der Waals surface area contributed by atoms with Gasteiger partial charge in [0, 0.05) is 23.3 Å². The Morgan fingerprint density at radius 2 is 2.00 bits per heavy atom. The van der Waals surface area contributed by atoms with Gasteiger partial charge in [-0.1, -0.05) is 0 Å². The highest BCUT2D eigenvalue weighted by Gasteiger charge is 2.16. The van der Waals surface area contributed by atoms with Gasteiger partial charge in [0.05, 0.1) is 18.1 Å². The average Bonchev–Trinajstić information content (AvgIpc) is 3.26. The van der Waals surface area contributed by atoms with E-state index >= 15 is 0 Å². The first-order valence-corrected chi connectivity index (χ1v) is 8.92. The van der Waals surface area contributed by atoms with Gasteiger partial charge in [-0.3, -0.25) is 4.79 Å². The molecule has 0 saturated heterocycles. The summed E-state index contributed by atoms with van der Waals surface area (Å²) in [7, 11) is 0. The van der Waals surface area contributed by atoms with Crippen molar-refractivity contribution in [1.82, 2.24) is 14.5 Å². The molecule has 130 valence electrons. The molecule has 0 saturated carbocycles. The number of hydrogen-bond acceptors (Lipinski definition) is 5. The molecule has 3 aromatic rings. The number of aromatic nitrogens is 3. The van der Waals surface area contributed by atoms with Crippen LogP contribution in [0.25, 0.3) is 11.3 Å². The predicted molar refractivity (Wildman–Crippen MR) is 98.9 cm³/mol.